The van der Waals surface area contributed by atoms with Gasteiger partial charge in [-0.1, -0.05) is 30.3 Å². The Kier molecular flexibility index (Phi) is 5.66. The molecule has 2 aromatic rings. The smallest absolute Gasteiger partial charge is 0.274 e. The van der Waals surface area contributed by atoms with Gasteiger partial charge >= 0.3 is 0 Å². The van der Waals surface area contributed by atoms with Crippen LogP contribution in [-0.2, 0) is 6.42 Å². The van der Waals surface area contributed by atoms with Crippen LogP contribution in [0.25, 0.3) is 0 Å². The van der Waals surface area contributed by atoms with Crippen LogP contribution in [0.2, 0.25) is 0 Å². The number of aromatic nitrogens is 2. The molecule has 2 aliphatic heterocycles. The third-order valence-electron chi connectivity index (χ3n) is 5.82. The largest absolute Gasteiger partial charge is 0.355 e. The number of amides is 1. The zero-order valence-corrected chi connectivity index (χ0v) is 15.9. The maximum Gasteiger partial charge on any atom is 0.274 e. The summed E-state index contributed by atoms with van der Waals surface area (Å²) in [5.74, 6) is 1.57. The van der Waals surface area contributed by atoms with E-state index in [-0.39, 0.29) is 5.91 Å². The van der Waals surface area contributed by atoms with E-state index in [2.05, 4.69) is 45.4 Å². The highest BCUT2D eigenvalue weighted by atomic mass is 16.2. The van der Waals surface area contributed by atoms with Crippen LogP contribution >= 0.6 is 0 Å². The molecule has 5 heteroatoms. The number of nitrogens with zero attached hydrogens (tertiary/aromatic N) is 4. The summed E-state index contributed by atoms with van der Waals surface area (Å²) in [5.41, 5.74) is 1.86. The lowest BCUT2D eigenvalue weighted by molar-refractivity contribution is 0.0683. The average Bonchev–Trinajstić information content (AvgIpc) is 2.75. The SMILES string of the molecule is O=C(c1ccc(N2CCCCC2)nn1)N1CCC(Cc2ccccc2)CC1. The second kappa shape index (κ2) is 8.51. The minimum Gasteiger partial charge on any atom is -0.355 e. The van der Waals surface area contributed by atoms with Gasteiger partial charge in [0.2, 0.25) is 0 Å². The second-order valence-electron chi connectivity index (χ2n) is 7.75. The van der Waals surface area contributed by atoms with E-state index < -0.39 is 0 Å². The Balaban J connectivity index is 1.31. The number of rotatable bonds is 4. The Hall–Kier alpha value is -2.43. The predicted octanol–water partition coefficient (Wildman–Crippen LogP) is 3.56. The van der Waals surface area contributed by atoms with Gasteiger partial charge in [0.25, 0.3) is 5.91 Å². The summed E-state index contributed by atoms with van der Waals surface area (Å²) in [4.78, 5) is 17.0. The molecule has 4 rings (SSSR count). The number of hydrogen-bond donors (Lipinski definition) is 0. The highest BCUT2D eigenvalue weighted by Gasteiger charge is 2.25. The molecule has 0 aliphatic carbocycles. The first-order valence-corrected chi connectivity index (χ1v) is 10.2. The van der Waals surface area contributed by atoms with Crippen molar-refractivity contribution >= 4 is 11.7 Å². The van der Waals surface area contributed by atoms with E-state index in [1.165, 1.54) is 24.8 Å². The number of carbonyl (C=O) groups is 1. The zero-order chi connectivity index (χ0) is 18.5. The predicted molar refractivity (Wildman–Crippen MR) is 107 cm³/mol. The van der Waals surface area contributed by atoms with E-state index in [4.69, 9.17) is 0 Å². The molecule has 27 heavy (non-hydrogen) atoms. The summed E-state index contributed by atoms with van der Waals surface area (Å²) in [6.07, 6.45) is 6.92. The van der Waals surface area contributed by atoms with Crippen molar-refractivity contribution in [3.05, 3.63) is 53.7 Å². The number of hydrogen-bond acceptors (Lipinski definition) is 4. The van der Waals surface area contributed by atoms with Crippen molar-refractivity contribution in [2.24, 2.45) is 5.92 Å². The summed E-state index contributed by atoms with van der Waals surface area (Å²) in [7, 11) is 0. The van der Waals surface area contributed by atoms with E-state index in [0.29, 0.717) is 11.6 Å². The molecule has 0 bridgehead atoms. The number of carbonyl (C=O) groups excluding carboxylic acids is 1. The Morgan fingerprint density at radius 2 is 1.63 bits per heavy atom. The van der Waals surface area contributed by atoms with E-state index >= 15 is 0 Å². The van der Waals surface area contributed by atoms with Gasteiger partial charge in [0.1, 0.15) is 0 Å². The zero-order valence-electron chi connectivity index (χ0n) is 15.9. The highest BCUT2D eigenvalue weighted by molar-refractivity contribution is 5.92. The van der Waals surface area contributed by atoms with Crippen molar-refractivity contribution in [2.75, 3.05) is 31.1 Å². The molecule has 0 radical (unpaired) electrons. The Labute approximate surface area is 161 Å². The first kappa shape index (κ1) is 18.0. The third-order valence-corrected chi connectivity index (χ3v) is 5.82. The molecule has 1 aromatic heterocycles. The average molecular weight is 364 g/mol. The van der Waals surface area contributed by atoms with Gasteiger partial charge in [-0.2, -0.15) is 0 Å². The normalized spacial score (nSPS) is 18.5. The van der Waals surface area contributed by atoms with Crippen molar-refractivity contribution in [1.29, 1.82) is 0 Å². The summed E-state index contributed by atoms with van der Waals surface area (Å²) in [5, 5.41) is 8.55. The van der Waals surface area contributed by atoms with Gasteiger partial charge < -0.3 is 9.80 Å². The number of benzene rings is 1. The molecular formula is C22H28N4O. The topological polar surface area (TPSA) is 49.3 Å². The fourth-order valence-corrected chi connectivity index (χ4v) is 4.18. The van der Waals surface area contributed by atoms with Crippen LogP contribution in [0.3, 0.4) is 0 Å². The molecule has 2 aliphatic rings. The van der Waals surface area contributed by atoms with Crippen LogP contribution in [0.15, 0.2) is 42.5 Å². The molecule has 5 nitrogen and oxygen atoms in total. The van der Waals surface area contributed by atoms with Gasteiger partial charge in [-0.25, -0.2) is 0 Å². The lowest BCUT2D eigenvalue weighted by atomic mass is 9.90. The minimum atomic E-state index is 0.0193. The fraction of sp³-hybridized carbons (Fsp3) is 0.500. The first-order chi connectivity index (χ1) is 13.3. The Morgan fingerprint density at radius 3 is 2.30 bits per heavy atom. The minimum absolute atomic E-state index is 0.0193. The van der Waals surface area contributed by atoms with Gasteiger partial charge in [-0.15, -0.1) is 10.2 Å². The molecule has 1 amide bonds. The van der Waals surface area contributed by atoms with E-state index in [1.807, 2.05) is 17.0 Å². The lowest BCUT2D eigenvalue weighted by Gasteiger charge is -2.32. The molecule has 0 spiro atoms. The van der Waals surface area contributed by atoms with Gasteiger partial charge in [-0.05, 0) is 62.1 Å². The molecular weight excluding hydrogens is 336 g/mol. The molecule has 0 unspecified atom stereocenters. The van der Waals surface area contributed by atoms with Crippen LogP contribution < -0.4 is 4.90 Å². The molecule has 1 aromatic carbocycles. The maximum atomic E-state index is 12.8. The number of anilines is 1. The van der Waals surface area contributed by atoms with E-state index in [9.17, 15) is 4.79 Å². The van der Waals surface area contributed by atoms with Crippen molar-refractivity contribution < 1.29 is 4.79 Å². The van der Waals surface area contributed by atoms with Crippen LogP contribution in [0.1, 0.15) is 48.2 Å². The standard InChI is InChI=1S/C22H28N4O/c27-22(20-9-10-21(24-23-20)25-13-5-2-6-14-25)26-15-11-19(12-16-26)17-18-7-3-1-4-8-18/h1,3-4,7-10,19H,2,5-6,11-17H2. The van der Waals surface area contributed by atoms with Crippen molar-refractivity contribution in [3.63, 3.8) is 0 Å². The van der Waals surface area contributed by atoms with Gasteiger partial charge in [0.05, 0.1) is 0 Å². The summed E-state index contributed by atoms with van der Waals surface area (Å²) < 4.78 is 0. The molecule has 2 saturated heterocycles. The number of piperidine rings is 2. The van der Waals surface area contributed by atoms with Gasteiger partial charge in [0, 0.05) is 26.2 Å². The molecule has 0 atom stereocenters. The van der Waals surface area contributed by atoms with Crippen LogP contribution in [0.5, 0.6) is 0 Å². The third kappa shape index (κ3) is 4.46. The summed E-state index contributed by atoms with van der Waals surface area (Å²) in [6.45, 7) is 3.70. The molecule has 0 saturated carbocycles. The number of likely N-dealkylation sites (tertiary alicyclic amines) is 1. The Bertz CT molecular complexity index is 733. The quantitative estimate of drug-likeness (QED) is 0.832. The maximum absolute atomic E-state index is 12.8. The second-order valence-corrected chi connectivity index (χ2v) is 7.75. The van der Waals surface area contributed by atoms with Gasteiger partial charge in [0.15, 0.2) is 11.5 Å². The van der Waals surface area contributed by atoms with Crippen molar-refractivity contribution in [3.8, 4) is 0 Å². The van der Waals surface area contributed by atoms with Crippen molar-refractivity contribution in [1.82, 2.24) is 15.1 Å². The Morgan fingerprint density at radius 1 is 0.889 bits per heavy atom. The molecule has 0 N–H and O–H groups in total. The van der Waals surface area contributed by atoms with Crippen LogP contribution in [0, 0.1) is 5.92 Å². The van der Waals surface area contributed by atoms with Crippen LogP contribution in [0.4, 0.5) is 5.82 Å². The summed E-state index contributed by atoms with van der Waals surface area (Å²) >= 11 is 0. The monoisotopic (exact) mass is 364 g/mol. The first-order valence-electron chi connectivity index (χ1n) is 10.2. The molecule has 3 heterocycles. The van der Waals surface area contributed by atoms with E-state index in [0.717, 1.165) is 51.3 Å². The van der Waals surface area contributed by atoms with Crippen molar-refractivity contribution in [2.45, 2.75) is 38.5 Å². The molecule has 2 fully saturated rings. The highest BCUT2D eigenvalue weighted by Crippen LogP contribution is 2.23. The fourth-order valence-electron chi connectivity index (χ4n) is 4.18. The lowest BCUT2D eigenvalue weighted by Crippen LogP contribution is -2.39. The van der Waals surface area contributed by atoms with Gasteiger partial charge in [-0.3, -0.25) is 4.79 Å². The van der Waals surface area contributed by atoms with Crippen LogP contribution in [-0.4, -0.2) is 47.2 Å². The molecule has 142 valence electrons. The van der Waals surface area contributed by atoms with E-state index in [1.54, 1.807) is 0 Å². The summed E-state index contributed by atoms with van der Waals surface area (Å²) in [6, 6.07) is 14.4.